The van der Waals surface area contributed by atoms with Gasteiger partial charge in [-0.05, 0) is 29.8 Å². The van der Waals surface area contributed by atoms with E-state index in [9.17, 15) is 14.7 Å². The van der Waals surface area contributed by atoms with Crippen LogP contribution in [0.15, 0.2) is 78.6 Å². The van der Waals surface area contributed by atoms with Gasteiger partial charge < -0.3 is 9.84 Å². The number of nitrogens with zero attached hydrogens (tertiary/aromatic N) is 3. The Morgan fingerprint density at radius 3 is 2.53 bits per heavy atom. The molecule has 0 aliphatic carbocycles. The lowest BCUT2D eigenvalue weighted by Gasteiger charge is -2.23. The standard InChI is InChI=1S/C22H17N3O4S/c1-2-12-29-16-5-3-14(4-6-16)18-17(19(26)15-7-9-23-10-8-15)20(27)21(28)25(18)22-24-11-13-30-22/h2-11,13,18,26H,1,12H2/b19-17+. The molecule has 0 spiro atoms. The summed E-state index contributed by atoms with van der Waals surface area (Å²) in [5, 5.41) is 13.0. The Hall–Kier alpha value is -3.78. The van der Waals surface area contributed by atoms with Crippen molar-refractivity contribution >= 4 is 33.9 Å². The number of ether oxygens (including phenoxy) is 1. The maximum absolute atomic E-state index is 12.9. The van der Waals surface area contributed by atoms with Gasteiger partial charge in [0.1, 0.15) is 18.1 Å². The quantitative estimate of drug-likeness (QED) is 0.283. The summed E-state index contributed by atoms with van der Waals surface area (Å²) >= 11 is 1.24. The van der Waals surface area contributed by atoms with Crippen molar-refractivity contribution < 1.29 is 19.4 Å². The Morgan fingerprint density at radius 2 is 1.90 bits per heavy atom. The number of amides is 1. The SMILES string of the molecule is C=CCOc1ccc(C2/C(=C(\O)c3ccncc3)C(=O)C(=O)N2c2nccs2)cc1. The molecule has 30 heavy (non-hydrogen) atoms. The maximum atomic E-state index is 12.9. The van der Waals surface area contributed by atoms with Gasteiger partial charge in [-0.1, -0.05) is 24.8 Å². The highest BCUT2D eigenvalue weighted by Gasteiger charge is 2.47. The Morgan fingerprint density at radius 1 is 1.17 bits per heavy atom. The number of aliphatic hydroxyl groups excluding tert-OH is 1. The number of Topliss-reactive ketones (excluding diaryl/α,β-unsaturated/α-hetero) is 1. The van der Waals surface area contributed by atoms with Crippen molar-refractivity contribution in [3.05, 3.63) is 89.7 Å². The number of anilines is 1. The summed E-state index contributed by atoms with van der Waals surface area (Å²) in [7, 11) is 0. The first-order chi connectivity index (χ1) is 14.6. The number of pyridine rings is 1. The molecule has 8 heteroatoms. The van der Waals surface area contributed by atoms with Gasteiger partial charge in [-0.15, -0.1) is 11.3 Å². The van der Waals surface area contributed by atoms with E-state index < -0.39 is 17.7 Å². The van der Waals surface area contributed by atoms with Gasteiger partial charge in [0.25, 0.3) is 5.78 Å². The molecule has 7 nitrogen and oxygen atoms in total. The molecule has 4 rings (SSSR count). The Kier molecular flexibility index (Phi) is 5.40. The fourth-order valence-electron chi connectivity index (χ4n) is 3.25. The number of hydrogen-bond donors (Lipinski definition) is 1. The minimum absolute atomic E-state index is 0.00107. The summed E-state index contributed by atoms with van der Waals surface area (Å²) in [6, 6.07) is 9.34. The van der Waals surface area contributed by atoms with Gasteiger partial charge in [0.2, 0.25) is 0 Å². The topological polar surface area (TPSA) is 92.6 Å². The van der Waals surface area contributed by atoms with Crippen LogP contribution in [-0.4, -0.2) is 33.4 Å². The Balaban J connectivity index is 1.85. The summed E-state index contributed by atoms with van der Waals surface area (Å²) in [5.41, 5.74) is 1.05. The largest absolute Gasteiger partial charge is 0.507 e. The number of carbonyl (C=O) groups is 2. The third-order valence-electron chi connectivity index (χ3n) is 4.59. The molecule has 1 aliphatic heterocycles. The van der Waals surface area contributed by atoms with E-state index in [-0.39, 0.29) is 11.3 Å². The molecular weight excluding hydrogens is 402 g/mol. The maximum Gasteiger partial charge on any atom is 0.301 e. The van der Waals surface area contributed by atoms with Crippen molar-refractivity contribution in [2.75, 3.05) is 11.5 Å². The molecule has 1 unspecified atom stereocenters. The Labute approximate surface area is 176 Å². The lowest BCUT2D eigenvalue weighted by atomic mass is 9.95. The van der Waals surface area contributed by atoms with Crippen LogP contribution in [0.25, 0.3) is 5.76 Å². The van der Waals surface area contributed by atoms with Crippen molar-refractivity contribution in [3.8, 4) is 5.75 Å². The van der Waals surface area contributed by atoms with Crippen LogP contribution in [0.3, 0.4) is 0 Å². The molecule has 150 valence electrons. The van der Waals surface area contributed by atoms with E-state index in [1.165, 1.54) is 28.6 Å². The molecule has 1 fully saturated rings. The fraction of sp³-hybridized carbons (Fsp3) is 0.0909. The van der Waals surface area contributed by atoms with Crippen LogP contribution in [0.2, 0.25) is 0 Å². The first kappa shape index (κ1) is 19.5. The van der Waals surface area contributed by atoms with E-state index in [0.29, 0.717) is 28.6 Å². The number of aliphatic hydroxyl groups is 1. The smallest absolute Gasteiger partial charge is 0.301 e. The number of benzene rings is 1. The van der Waals surface area contributed by atoms with Gasteiger partial charge in [0, 0.05) is 29.5 Å². The summed E-state index contributed by atoms with van der Waals surface area (Å²) in [6.45, 7) is 3.98. The number of thiazole rings is 1. The summed E-state index contributed by atoms with van der Waals surface area (Å²) in [5.74, 6) is -1.14. The van der Waals surface area contributed by atoms with Gasteiger partial charge in [0.05, 0.1) is 11.6 Å². The van der Waals surface area contributed by atoms with Gasteiger partial charge in [-0.25, -0.2) is 4.98 Å². The van der Waals surface area contributed by atoms with Crippen LogP contribution >= 0.6 is 11.3 Å². The normalized spacial score (nSPS) is 17.9. The van der Waals surface area contributed by atoms with Gasteiger partial charge in [-0.2, -0.15) is 0 Å². The second-order valence-electron chi connectivity index (χ2n) is 6.39. The lowest BCUT2D eigenvalue weighted by Crippen LogP contribution is -2.29. The Bertz CT molecular complexity index is 1110. The molecule has 2 aromatic heterocycles. The summed E-state index contributed by atoms with van der Waals surface area (Å²) in [4.78, 5) is 35.3. The van der Waals surface area contributed by atoms with Crippen LogP contribution in [-0.2, 0) is 9.59 Å². The van der Waals surface area contributed by atoms with Crippen molar-refractivity contribution in [1.82, 2.24) is 9.97 Å². The first-order valence-electron chi connectivity index (χ1n) is 9.06. The van der Waals surface area contributed by atoms with Crippen LogP contribution in [0.4, 0.5) is 5.13 Å². The average molecular weight is 419 g/mol. The van der Waals surface area contributed by atoms with Gasteiger partial charge in [-0.3, -0.25) is 19.5 Å². The first-order valence-corrected chi connectivity index (χ1v) is 9.94. The van der Waals surface area contributed by atoms with Gasteiger partial charge >= 0.3 is 5.91 Å². The second kappa shape index (κ2) is 8.30. The summed E-state index contributed by atoms with van der Waals surface area (Å²) < 4.78 is 5.51. The van der Waals surface area contributed by atoms with E-state index in [1.807, 2.05) is 0 Å². The molecule has 1 N–H and O–H groups in total. The van der Waals surface area contributed by atoms with E-state index in [2.05, 4.69) is 16.5 Å². The third-order valence-corrected chi connectivity index (χ3v) is 5.36. The van der Waals surface area contributed by atoms with Crippen LogP contribution in [0, 0.1) is 0 Å². The minimum Gasteiger partial charge on any atom is -0.507 e. The highest BCUT2D eigenvalue weighted by Crippen LogP contribution is 2.42. The molecule has 1 aromatic carbocycles. The number of aromatic nitrogens is 2. The number of carbonyl (C=O) groups excluding carboxylic acids is 2. The number of hydrogen-bond acceptors (Lipinski definition) is 7. The van der Waals surface area contributed by atoms with E-state index >= 15 is 0 Å². The zero-order valence-electron chi connectivity index (χ0n) is 15.8. The van der Waals surface area contributed by atoms with Crippen LogP contribution in [0.5, 0.6) is 5.75 Å². The molecule has 1 aliphatic rings. The van der Waals surface area contributed by atoms with E-state index in [4.69, 9.17) is 4.74 Å². The molecular formula is C22H17N3O4S. The molecule has 0 saturated carbocycles. The molecule has 0 radical (unpaired) electrons. The zero-order chi connectivity index (χ0) is 21.1. The van der Waals surface area contributed by atoms with Crippen molar-refractivity contribution in [3.63, 3.8) is 0 Å². The average Bonchev–Trinajstić information content (AvgIpc) is 3.40. The van der Waals surface area contributed by atoms with Crippen molar-refractivity contribution in [2.24, 2.45) is 0 Å². The third kappa shape index (κ3) is 3.48. The summed E-state index contributed by atoms with van der Waals surface area (Å²) in [6.07, 6.45) is 6.21. The minimum atomic E-state index is -0.822. The highest BCUT2D eigenvalue weighted by molar-refractivity contribution is 7.14. The monoisotopic (exact) mass is 419 g/mol. The zero-order valence-corrected chi connectivity index (χ0v) is 16.6. The van der Waals surface area contributed by atoms with Crippen LogP contribution in [0.1, 0.15) is 17.2 Å². The van der Waals surface area contributed by atoms with Crippen molar-refractivity contribution in [2.45, 2.75) is 6.04 Å². The van der Waals surface area contributed by atoms with E-state index in [1.54, 1.807) is 54.1 Å². The highest BCUT2D eigenvalue weighted by atomic mass is 32.1. The molecule has 1 amide bonds. The fourth-order valence-corrected chi connectivity index (χ4v) is 3.91. The number of ketones is 1. The van der Waals surface area contributed by atoms with Crippen molar-refractivity contribution in [1.29, 1.82) is 0 Å². The molecule has 1 atom stereocenters. The molecule has 3 aromatic rings. The second-order valence-corrected chi connectivity index (χ2v) is 7.26. The van der Waals surface area contributed by atoms with E-state index in [0.717, 1.165) is 0 Å². The predicted octanol–water partition coefficient (Wildman–Crippen LogP) is 3.73. The molecule has 1 saturated heterocycles. The lowest BCUT2D eigenvalue weighted by molar-refractivity contribution is -0.132. The molecule has 0 bridgehead atoms. The number of rotatable bonds is 6. The van der Waals surface area contributed by atoms with Crippen LogP contribution < -0.4 is 9.64 Å². The predicted molar refractivity (Wildman–Crippen MR) is 113 cm³/mol. The van der Waals surface area contributed by atoms with Gasteiger partial charge in [0.15, 0.2) is 5.13 Å². The molecule has 3 heterocycles.